The summed E-state index contributed by atoms with van der Waals surface area (Å²) in [5.41, 5.74) is 3.80. The molecule has 174 valence electrons. The van der Waals surface area contributed by atoms with Gasteiger partial charge in [-0.15, -0.1) is 0 Å². The van der Waals surface area contributed by atoms with Crippen LogP contribution in [-0.4, -0.2) is 49.3 Å². The van der Waals surface area contributed by atoms with Crippen LogP contribution in [0.1, 0.15) is 30.5 Å². The van der Waals surface area contributed by atoms with Gasteiger partial charge in [-0.25, -0.2) is 13.0 Å². The van der Waals surface area contributed by atoms with E-state index in [1.165, 1.54) is 6.07 Å². The monoisotopic (exact) mass is 487 g/mol. The number of benzene rings is 2. The van der Waals surface area contributed by atoms with Crippen LogP contribution < -0.4 is 0 Å². The van der Waals surface area contributed by atoms with Crippen molar-refractivity contribution < 1.29 is 30.5 Å². The van der Waals surface area contributed by atoms with Gasteiger partial charge in [0.15, 0.2) is 5.71 Å². The molecule has 7 nitrogen and oxygen atoms in total. The van der Waals surface area contributed by atoms with Crippen molar-refractivity contribution >= 4 is 31.5 Å². The zero-order valence-electron chi connectivity index (χ0n) is 18.5. The summed E-state index contributed by atoms with van der Waals surface area (Å²) in [6.07, 6.45) is 7.49. The molecule has 0 aliphatic heterocycles. The molecule has 1 aliphatic carbocycles. The zero-order valence-corrected chi connectivity index (χ0v) is 20.2. The van der Waals surface area contributed by atoms with E-state index < -0.39 is 30.0 Å². The number of aryl methyl sites for hydroxylation is 1. The predicted octanol–water partition coefficient (Wildman–Crippen LogP) is 3.57. The lowest BCUT2D eigenvalue weighted by Crippen LogP contribution is -2.19. The molecule has 0 atom stereocenters. The van der Waals surface area contributed by atoms with Crippen LogP contribution in [0.2, 0.25) is 0 Å². The van der Waals surface area contributed by atoms with E-state index in [-0.39, 0.29) is 5.56 Å². The Labute approximate surface area is 194 Å². The maximum atomic E-state index is 12.1. The summed E-state index contributed by atoms with van der Waals surface area (Å²) in [6, 6.07) is 10.3. The van der Waals surface area contributed by atoms with Crippen LogP contribution in [0.15, 0.2) is 82.1 Å². The quantitative estimate of drug-likeness (QED) is 0.492. The van der Waals surface area contributed by atoms with Crippen molar-refractivity contribution in [3.05, 3.63) is 89.0 Å². The largest absolute Gasteiger partial charge is 0.744 e. The summed E-state index contributed by atoms with van der Waals surface area (Å²) < 4.78 is 71.0. The first-order valence-corrected chi connectivity index (χ1v) is 13.2. The van der Waals surface area contributed by atoms with Gasteiger partial charge in [0.05, 0.1) is 9.79 Å². The number of nitrogens with zero attached hydrogens (tertiary/aromatic N) is 1. The molecule has 0 saturated heterocycles. The molecule has 0 fully saturated rings. The van der Waals surface area contributed by atoms with Gasteiger partial charge in [-0.3, -0.25) is 4.55 Å². The van der Waals surface area contributed by atoms with Gasteiger partial charge in [0, 0.05) is 17.7 Å². The van der Waals surface area contributed by atoms with E-state index in [1.807, 2.05) is 57.2 Å². The van der Waals surface area contributed by atoms with Crippen LogP contribution in [0.3, 0.4) is 0 Å². The van der Waals surface area contributed by atoms with Crippen LogP contribution >= 0.6 is 0 Å². The molecule has 9 heteroatoms. The van der Waals surface area contributed by atoms with Crippen LogP contribution in [0.25, 0.3) is 5.57 Å². The lowest BCUT2D eigenvalue weighted by molar-refractivity contribution is -0.519. The van der Waals surface area contributed by atoms with Crippen LogP contribution in [-0.2, 0) is 20.2 Å². The van der Waals surface area contributed by atoms with E-state index in [4.69, 9.17) is 0 Å². The summed E-state index contributed by atoms with van der Waals surface area (Å²) in [4.78, 5) is -1.39. The van der Waals surface area contributed by atoms with Crippen molar-refractivity contribution in [2.45, 2.75) is 30.6 Å². The van der Waals surface area contributed by atoms with E-state index in [1.54, 1.807) is 12.1 Å². The first kappa shape index (κ1) is 24.8. The van der Waals surface area contributed by atoms with Gasteiger partial charge in [0.25, 0.3) is 10.1 Å². The molecule has 0 radical (unpaired) electrons. The maximum Gasteiger partial charge on any atom is 0.294 e. The molecule has 0 heterocycles. The van der Waals surface area contributed by atoms with E-state index in [0.29, 0.717) is 22.8 Å². The number of hydrogen-bond acceptors (Lipinski definition) is 5. The molecule has 33 heavy (non-hydrogen) atoms. The zero-order chi connectivity index (χ0) is 24.4. The first-order valence-electron chi connectivity index (χ1n) is 10.3. The highest BCUT2D eigenvalue weighted by Gasteiger charge is 2.22. The van der Waals surface area contributed by atoms with Gasteiger partial charge < -0.3 is 4.55 Å². The molecule has 1 N–H and O–H groups in total. The van der Waals surface area contributed by atoms with Crippen molar-refractivity contribution in [2.24, 2.45) is 0 Å². The Hall–Kier alpha value is -2.85. The second kappa shape index (κ2) is 9.56. The molecule has 0 unspecified atom stereocenters. The van der Waals surface area contributed by atoms with Crippen molar-refractivity contribution in [1.82, 2.24) is 0 Å². The summed E-state index contributed by atoms with van der Waals surface area (Å²) >= 11 is 0. The molecular formula is C24H25NO6S2. The molecule has 0 amide bonds. The Balaban J connectivity index is 2.35. The third-order valence-electron chi connectivity index (χ3n) is 5.41. The highest BCUT2D eigenvalue weighted by atomic mass is 32.2. The van der Waals surface area contributed by atoms with Gasteiger partial charge in [0.2, 0.25) is 0 Å². The first-order chi connectivity index (χ1) is 15.5. The highest BCUT2D eigenvalue weighted by molar-refractivity contribution is 7.86. The summed E-state index contributed by atoms with van der Waals surface area (Å²) in [7, 11) is -9.77. The van der Waals surface area contributed by atoms with Crippen LogP contribution in [0.4, 0.5) is 0 Å². The molecule has 0 aromatic heterocycles. The number of hydrogen-bond donors (Lipinski definition) is 1. The van der Waals surface area contributed by atoms with Gasteiger partial charge in [0.1, 0.15) is 23.2 Å². The van der Waals surface area contributed by atoms with Crippen LogP contribution in [0.5, 0.6) is 0 Å². The third kappa shape index (κ3) is 5.56. The van der Waals surface area contributed by atoms with Crippen molar-refractivity contribution in [3.63, 3.8) is 0 Å². The minimum absolute atomic E-state index is 0.0526. The third-order valence-corrected chi connectivity index (χ3v) is 7.14. The normalized spacial score (nSPS) is 14.0. The molecule has 0 spiro atoms. The Kier molecular flexibility index (Phi) is 7.18. The Bertz CT molecular complexity index is 1390. The van der Waals surface area contributed by atoms with Crippen molar-refractivity contribution in [3.8, 4) is 0 Å². The number of allylic oxidation sites excluding steroid dienone is 5. The summed E-state index contributed by atoms with van der Waals surface area (Å²) in [5.74, 6) is 0. The smallest absolute Gasteiger partial charge is 0.294 e. The van der Waals surface area contributed by atoms with Crippen molar-refractivity contribution in [2.75, 3.05) is 13.1 Å². The lowest BCUT2D eigenvalue weighted by Gasteiger charge is -2.19. The van der Waals surface area contributed by atoms with Crippen LogP contribution in [0, 0.1) is 6.92 Å². The summed E-state index contributed by atoms with van der Waals surface area (Å²) in [6.45, 7) is 7.64. The molecule has 0 bridgehead atoms. The molecule has 0 saturated carbocycles. The minimum atomic E-state index is -5.07. The lowest BCUT2D eigenvalue weighted by atomic mass is 9.90. The molecular weight excluding hydrogens is 462 g/mol. The Morgan fingerprint density at radius 3 is 1.97 bits per heavy atom. The van der Waals surface area contributed by atoms with E-state index >= 15 is 0 Å². The molecule has 2 aromatic rings. The molecule has 1 aliphatic rings. The molecule has 2 aromatic carbocycles. The van der Waals surface area contributed by atoms with E-state index in [9.17, 15) is 25.9 Å². The SMILES string of the molecule is CC[N+](CC)=C1C=CC(=C(c2ccc(C)cc2)c2ccc(S(=O)(=O)O)cc2S(=O)(=O)[O-])C=C1. The minimum Gasteiger partial charge on any atom is -0.744 e. The topological polar surface area (TPSA) is 115 Å². The number of rotatable bonds is 6. The standard InChI is InChI=1S/C24H25NO6S2/c1-4-25(5-2)20-12-10-19(11-13-20)24(18-8-6-17(3)7-9-18)22-15-14-21(32(26,27)28)16-23(22)33(29,30)31/h6-16H,4-5H2,1-3H3,(H-,26,27,28,29,30,31). The fourth-order valence-electron chi connectivity index (χ4n) is 3.70. The highest BCUT2D eigenvalue weighted by Crippen LogP contribution is 2.35. The van der Waals surface area contributed by atoms with E-state index in [2.05, 4.69) is 4.58 Å². The average Bonchev–Trinajstić information content (AvgIpc) is 2.76. The van der Waals surface area contributed by atoms with Gasteiger partial charge in [-0.05, 0) is 61.8 Å². The second-order valence-corrected chi connectivity index (χ2v) is 10.3. The average molecular weight is 488 g/mol. The second-order valence-electron chi connectivity index (χ2n) is 7.55. The fourth-order valence-corrected chi connectivity index (χ4v) is 4.99. The van der Waals surface area contributed by atoms with Gasteiger partial charge >= 0.3 is 0 Å². The van der Waals surface area contributed by atoms with Gasteiger partial charge in [-0.1, -0.05) is 35.9 Å². The van der Waals surface area contributed by atoms with Gasteiger partial charge in [-0.2, -0.15) is 8.42 Å². The fraction of sp³-hybridized carbons (Fsp3) is 0.208. The maximum absolute atomic E-state index is 12.1. The Morgan fingerprint density at radius 2 is 1.48 bits per heavy atom. The summed E-state index contributed by atoms with van der Waals surface area (Å²) in [5, 5.41) is 0. The van der Waals surface area contributed by atoms with E-state index in [0.717, 1.165) is 30.4 Å². The molecule has 3 rings (SSSR count). The predicted molar refractivity (Wildman–Crippen MR) is 126 cm³/mol. The Morgan fingerprint density at radius 1 is 0.909 bits per heavy atom. The van der Waals surface area contributed by atoms with Crippen molar-refractivity contribution in [1.29, 1.82) is 0 Å².